The number of rotatable bonds is 3. The Balaban J connectivity index is 0.000000606. The van der Waals surface area contributed by atoms with Gasteiger partial charge in [-0.25, -0.2) is 4.98 Å². The summed E-state index contributed by atoms with van der Waals surface area (Å²) in [6.07, 6.45) is 2.45. The van der Waals surface area contributed by atoms with Crippen molar-refractivity contribution in [3.63, 3.8) is 0 Å². The van der Waals surface area contributed by atoms with Gasteiger partial charge in [0.25, 0.3) is 5.91 Å². The van der Waals surface area contributed by atoms with Crippen LogP contribution in [-0.4, -0.2) is 17.4 Å². The van der Waals surface area contributed by atoms with Crippen LogP contribution in [-0.2, 0) is 0 Å². The van der Waals surface area contributed by atoms with Crippen molar-refractivity contribution in [2.24, 2.45) is 5.92 Å². The van der Waals surface area contributed by atoms with E-state index in [4.69, 9.17) is 5.73 Å². The highest BCUT2D eigenvalue weighted by Gasteiger charge is 2.22. The van der Waals surface area contributed by atoms with E-state index in [0.717, 1.165) is 6.54 Å². The van der Waals surface area contributed by atoms with Crippen molar-refractivity contribution >= 4 is 11.7 Å². The van der Waals surface area contributed by atoms with Gasteiger partial charge in [0, 0.05) is 6.54 Å². The summed E-state index contributed by atoms with van der Waals surface area (Å²) in [6, 6.07) is 5.06. The number of nitrogens with two attached hydrogens (primary N) is 1. The number of anilines is 1. The molecule has 3 N–H and O–H groups in total. The summed E-state index contributed by atoms with van der Waals surface area (Å²) in [5, 5.41) is 2.83. The maximum absolute atomic E-state index is 11.5. The smallest absolute Gasteiger partial charge is 0.269 e. The van der Waals surface area contributed by atoms with E-state index >= 15 is 0 Å². The summed E-state index contributed by atoms with van der Waals surface area (Å²) in [6.45, 7) is 4.76. The van der Waals surface area contributed by atoms with Gasteiger partial charge in [0.05, 0.1) is 0 Å². The van der Waals surface area contributed by atoms with Crippen molar-refractivity contribution in [1.29, 1.82) is 0 Å². The summed E-state index contributed by atoms with van der Waals surface area (Å²) in [4.78, 5) is 15.4. The quantitative estimate of drug-likeness (QED) is 0.818. The Hall–Kier alpha value is -1.58. The van der Waals surface area contributed by atoms with Gasteiger partial charge >= 0.3 is 0 Å². The number of pyridine rings is 1. The SMILES string of the molecule is CC.Nc1cccc(C(=O)NCC2CC2)n1. The molecule has 1 aliphatic carbocycles. The molecule has 1 aromatic rings. The molecule has 0 bridgehead atoms. The van der Waals surface area contributed by atoms with Gasteiger partial charge < -0.3 is 11.1 Å². The summed E-state index contributed by atoms with van der Waals surface area (Å²) < 4.78 is 0. The zero-order chi connectivity index (χ0) is 12.0. The minimum absolute atomic E-state index is 0.135. The fraction of sp³-hybridized carbons (Fsp3) is 0.500. The lowest BCUT2D eigenvalue weighted by Gasteiger charge is -2.03. The van der Waals surface area contributed by atoms with Crippen LogP contribution in [0.25, 0.3) is 0 Å². The summed E-state index contributed by atoms with van der Waals surface area (Å²) in [5.41, 5.74) is 5.87. The fourth-order valence-corrected chi connectivity index (χ4v) is 1.23. The maximum Gasteiger partial charge on any atom is 0.269 e. The van der Waals surface area contributed by atoms with E-state index in [1.807, 2.05) is 13.8 Å². The van der Waals surface area contributed by atoms with Gasteiger partial charge in [-0.3, -0.25) is 4.79 Å². The van der Waals surface area contributed by atoms with Crippen molar-refractivity contribution < 1.29 is 4.79 Å². The number of aromatic nitrogens is 1. The molecule has 0 saturated heterocycles. The number of hydrogen-bond acceptors (Lipinski definition) is 3. The monoisotopic (exact) mass is 221 g/mol. The summed E-state index contributed by atoms with van der Waals surface area (Å²) in [7, 11) is 0. The molecule has 4 heteroatoms. The van der Waals surface area contributed by atoms with Gasteiger partial charge in [0.1, 0.15) is 11.5 Å². The highest BCUT2D eigenvalue weighted by molar-refractivity contribution is 5.92. The number of nitrogens with zero attached hydrogens (tertiary/aromatic N) is 1. The number of nitrogen functional groups attached to an aromatic ring is 1. The van der Waals surface area contributed by atoms with Crippen LogP contribution in [0.1, 0.15) is 37.2 Å². The molecule has 1 amide bonds. The second-order valence-electron chi connectivity index (χ2n) is 3.60. The molecular weight excluding hydrogens is 202 g/mol. The molecule has 0 atom stereocenters. The Morgan fingerprint density at radius 3 is 2.75 bits per heavy atom. The van der Waals surface area contributed by atoms with Crippen LogP contribution in [0, 0.1) is 5.92 Å². The molecule has 1 heterocycles. The zero-order valence-electron chi connectivity index (χ0n) is 9.86. The summed E-state index contributed by atoms with van der Waals surface area (Å²) in [5.74, 6) is 0.924. The molecule has 1 aliphatic rings. The van der Waals surface area contributed by atoms with Crippen LogP contribution in [0.5, 0.6) is 0 Å². The van der Waals surface area contributed by atoms with Crippen molar-refractivity contribution in [1.82, 2.24) is 10.3 Å². The molecule has 1 aromatic heterocycles. The lowest BCUT2D eigenvalue weighted by molar-refractivity contribution is 0.0947. The Morgan fingerprint density at radius 2 is 2.19 bits per heavy atom. The third-order valence-corrected chi connectivity index (χ3v) is 2.25. The minimum Gasteiger partial charge on any atom is -0.384 e. The number of nitrogens with one attached hydrogen (secondary N) is 1. The van der Waals surface area contributed by atoms with Gasteiger partial charge in [-0.15, -0.1) is 0 Å². The van der Waals surface area contributed by atoms with Crippen LogP contribution < -0.4 is 11.1 Å². The first-order valence-electron chi connectivity index (χ1n) is 5.76. The first-order chi connectivity index (χ1) is 7.75. The van der Waals surface area contributed by atoms with Crippen LogP contribution in [0.2, 0.25) is 0 Å². The Labute approximate surface area is 96.3 Å². The lowest BCUT2D eigenvalue weighted by atomic mass is 10.3. The number of amides is 1. The van der Waals surface area contributed by atoms with Gasteiger partial charge in [-0.2, -0.15) is 0 Å². The molecule has 2 rings (SSSR count). The standard InChI is InChI=1S/C10H13N3O.C2H6/c11-9-3-1-2-8(13-9)10(14)12-6-7-4-5-7;1-2/h1-3,7H,4-6H2,(H2,11,13)(H,12,14);1-2H3. The molecule has 4 nitrogen and oxygen atoms in total. The third kappa shape index (κ3) is 3.88. The van der Waals surface area contributed by atoms with E-state index < -0.39 is 0 Å². The zero-order valence-corrected chi connectivity index (χ0v) is 9.86. The van der Waals surface area contributed by atoms with Crippen LogP contribution in [0.15, 0.2) is 18.2 Å². The van der Waals surface area contributed by atoms with E-state index in [-0.39, 0.29) is 5.91 Å². The second kappa shape index (κ2) is 6.10. The molecule has 0 radical (unpaired) electrons. The Morgan fingerprint density at radius 1 is 1.50 bits per heavy atom. The molecular formula is C12H19N3O. The first kappa shape index (κ1) is 12.5. The van der Waals surface area contributed by atoms with Crippen molar-refractivity contribution in [2.45, 2.75) is 26.7 Å². The first-order valence-corrected chi connectivity index (χ1v) is 5.76. The molecule has 0 spiro atoms. The summed E-state index contributed by atoms with van der Waals surface area (Å²) >= 11 is 0. The molecule has 0 aliphatic heterocycles. The van der Waals surface area contributed by atoms with E-state index in [2.05, 4.69) is 10.3 Å². The lowest BCUT2D eigenvalue weighted by Crippen LogP contribution is -2.26. The van der Waals surface area contributed by atoms with E-state index in [0.29, 0.717) is 17.4 Å². The minimum atomic E-state index is -0.135. The number of carbonyl (C=O) groups excluding carboxylic acids is 1. The highest BCUT2D eigenvalue weighted by Crippen LogP contribution is 2.27. The average molecular weight is 221 g/mol. The predicted octanol–water partition coefficient (Wildman–Crippen LogP) is 1.83. The van der Waals surface area contributed by atoms with Gasteiger partial charge in [0.15, 0.2) is 0 Å². The third-order valence-electron chi connectivity index (χ3n) is 2.25. The van der Waals surface area contributed by atoms with Crippen molar-refractivity contribution in [2.75, 3.05) is 12.3 Å². The Kier molecular flexibility index (Phi) is 4.76. The van der Waals surface area contributed by atoms with Crippen molar-refractivity contribution in [3.8, 4) is 0 Å². The maximum atomic E-state index is 11.5. The van der Waals surface area contributed by atoms with Crippen molar-refractivity contribution in [3.05, 3.63) is 23.9 Å². The van der Waals surface area contributed by atoms with Crippen LogP contribution >= 0.6 is 0 Å². The molecule has 0 unspecified atom stereocenters. The molecule has 16 heavy (non-hydrogen) atoms. The second-order valence-corrected chi connectivity index (χ2v) is 3.60. The van der Waals surface area contributed by atoms with Gasteiger partial charge in [0.2, 0.25) is 0 Å². The Bertz CT molecular complexity index is 348. The normalized spacial score (nSPS) is 13.6. The number of hydrogen-bond donors (Lipinski definition) is 2. The fourth-order valence-electron chi connectivity index (χ4n) is 1.23. The van der Waals surface area contributed by atoms with Gasteiger partial charge in [-0.1, -0.05) is 19.9 Å². The predicted molar refractivity (Wildman–Crippen MR) is 65.1 cm³/mol. The van der Waals surface area contributed by atoms with Gasteiger partial charge in [-0.05, 0) is 30.9 Å². The van der Waals surface area contributed by atoms with E-state index in [1.165, 1.54) is 12.8 Å². The topological polar surface area (TPSA) is 68.0 Å². The van der Waals surface area contributed by atoms with Crippen LogP contribution in [0.4, 0.5) is 5.82 Å². The largest absolute Gasteiger partial charge is 0.384 e. The van der Waals surface area contributed by atoms with E-state index in [1.54, 1.807) is 18.2 Å². The molecule has 0 aromatic carbocycles. The molecule has 1 saturated carbocycles. The average Bonchev–Trinajstić information content (AvgIpc) is 3.12. The molecule has 88 valence electrons. The van der Waals surface area contributed by atoms with E-state index in [9.17, 15) is 4.79 Å². The van der Waals surface area contributed by atoms with Crippen LogP contribution in [0.3, 0.4) is 0 Å². The highest BCUT2D eigenvalue weighted by atomic mass is 16.1. The molecule has 1 fully saturated rings. The number of carbonyl (C=O) groups is 1.